The average Bonchev–Trinajstić information content (AvgIpc) is 2.76. The summed E-state index contributed by atoms with van der Waals surface area (Å²) in [5.74, 6) is -2.55. The lowest BCUT2D eigenvalue weighted by atomic mass is 9.87. The van der Waals surface area contributed by atoms with Crippen molar-refractivity contribution in [1.82, 2.24) is 0 Å². The van der Waals surface area contributed by atoms with Crippen LogP contribution in [0.3, 0.4) is 0 Å². The number of alkyl halides is 3. The van der Waals surface area contributed by atoms with Crippen LogP contribution < -0.4 is 15.1 Å². The van der Waals surface area contributed by atoms with Gasteiger partial charge in [-0.25, -0.2) is 0 Å². The monoisotopic (exact) mass is 492 g/mol. The molecule has 0 bridgehead atoms. The molecular formula is C27H33F3NO4+. The molecule has 0 fully saturated rings. The van der Waals surface area contributed by atoms with Crippen LogP contribution in [0.2, 0.25) is 0 Å². The number of hydrogen-bond acceptors (Lipinski definition) is 4. The van der Waals surface area contributed by atoms with Gasteiger partial charge in [-0.2, -0.15) is 13.2 Å². The quantitative estimate of drug-likeness (QED) is 0.416. The minimum absolute atomic E-state index is 0.0699. The molecule has 3 aromatic rings. The summed E-state index contributed by atoms with van der Waals surface area (Å²) < 4.78 is 52.9. The molecular weight excluding hydrogens is 459 g/mol. The molecule has 2 N–H and O–H groups in total. The lowest BCUT2D eigenvalue weighted by Crippen LogP contribution is -3.10. The fraction of sp³-hybridized carbons (Fsp3) is 0.444. The highest BCUT2D eigenvalue weighted by molar-refractivity contribution is 5.83. The number of quaternary nitrogens is 1. The second-order valence-electron chi connectivity index (χ2n) is 9.83. The van der Waals surface area contributed by atoms with E-state index in [-0.39, 0.29) is 40.0 Å². The summed E-state index contributed by atoms with van der Waals surface area (Å²) in [5, 5.41) is 10.4. The molecule has 1 heterocycles. The van der Waals surface area contributed by atoms with Crippen molar-refractivity contribution in [2.24, 2.45) is 0 Å². The van der Waals surface area contributed by atoms with E-state index < -0.39 is 23.1 Å². The van der Waals surface area contributed by atoms with Crippen LogP contribution in [0.1, 0.15) is 64.3 Å². The molecule has 0 spiro atoms. The van der Waals surface area contributed by atoms with Crippen LogP contribution in [0.5, 0.6) is 17.2 Å². The van der Waals surface area contributed by atoms with Crippen LogP contribution in [0.15, 0.2) is 45.6 Å². The summed E-state index contributed by atoms with van der Waals surface area (Å²) in [6, 6.07) is 9.15. The van der Waals surface area contributed by atoms with E-state index in [1.807, 2.05) is 34.6 Å². The summed E-state index contributed by atoms with van der Waals surface area (Å²) in [4.78, 5) is 14.3. The van der Waals surface area contributed by atoms with E-state index in [4.69, 9.17) is 9.15 Å². The number of rotatable bonds is 8. The van der Waals surface area contributed by atoms with Gasteiger partial charge in [0.15, 0.2) is 5.58 Å². The highest BCUT2D eigenvalue weighted by atomic mass is 19.4. The van der Waals surface area contributed by atoms with Gasteiger partial charge >= 0.3 is 6.18 Å². The lowest BCUT2D eigenvalue weighted by molar-refractivity contribution is -0.913. The highest BCUT2D eigenvalue weighted by Gasteiger charge is 2.41. The summed E-state index contributed by atoms with van der Waals surface area (Å²) in [5.41, 5.74) is -0.197. The molecule has 0 unspecified atom stereocenters. The Hall–Kier alpha value is -3.00. The molecule has 0 aliphatic heterocycles. The maximum absolute atomic E-state index is 14.0. The van der Waals surface area contributed by atoms with Gasteiger partial charge in [0.25, 0.3) is 5.76 Å². The first-order valence-electron chi connectivity index (χ1n) is 11.9. The molecule has 2 aromatic carbocycles. The molecule has 3 rings (SSSR count). The van der Waals surface area contributed by atoms with Crippen LogP contribution in [0.4, 0.5) is 13.2 Å². The van der Waals surface area contributed by atoms with Gasteiger partial charge in [0, 0.05) is 0 Å². The van der Waals surface area contributed by atoms with Crippen LogP contribution in [-0.2, 0) is 18.1 Å². The molecule has 0 saturated carbocycles. The van der Waals surface area contributed by atoms with Gasteiger partial charge in [0.05, 0.1) is 24.0 Å². The Morgan fingerprint density at radius 1 is 0.971 bits per heavy atom. The number of ether oxygens (including phenoxy) is 1. The SMILES string of the molecule is CCC[NH+](CCC)Cc1c(O)ccc2c(=O)c(Oc3ccc(C(C)(C)C)cc3)c(C(F)(F)F)oc12. The van der Waals surface area contributed by atoms with E-state index >= 15 is 0 Å². The molecule has 0 atom stereocenters. The number of aromatic hydroxyl groups is 1. The maximum atomic E-state index is 14.0. The van der Waals surface area contributed by atoms with E-state index in [0.29, 0.717) is 0 Å². The first-order chi connectivity index (χ1) is 16.4. The Balaban J connectivity index is 2.16. The van der Waals surface area contributed by atoms with Crippen LogP contribution in [0.25, 0.3) is 11.0 Å². The minimum atomic E-state index is -4.98. The van der Waals surface area contributed by atoms with E-state index in [2.05, 4.69) is 0 Å². The standard InChI is InChI=1S/C27H32F3NO4/c1-6-14-31(15-7-2)16-20-21(32)13-12-19-22(33)24(25(27(28,29)30)35-23(19)20)34-18-10-8-17(9-11-18)26(3,4)5/h8-13,32H,6-7,14-16H2,1-5H3/p+1. The normalized spacial score (nSPS) is 12.5. The number of nitrogens with one attached hydrogen (secondary N) is 1. The fourth-order valence-corrected chi connectivity index (χ4v) is 4.14. The molecule has 8 heteroatoms. The third-order valence-corrected chi connectivity index (χ3v) is 5.93. The summed E-state index contributed by atoms with van der Waals surface area (Å²) in [7, 11) is 0. The van der Waals surface area contributed by atoms with E-state index in [9.17, 15) is 23.1 Å². The molecule has 0 aliphatic rings. The largest absolute Gasteiger partial charge is 0.507 e. The van der Waals surface area contributed by atoms with Gasteiger partial charge in [-0.3, -0.25) is 4.79 Å². The van der Waals surface area contributed by atoms with Gasteiger partial charge < -0.3 is 19.2 Å². The topological polar surface area (TPSA) is 64.1 Å². The maximum Gasteiger partial charge on any atom is 0.453 e. The molecule has 35 heavy (non-hydrogen) atoms. The van der Waals surface area contributed by atoms with Crippen LogP contribution in [0, 0.1) is 0 Å². The number of fused-ring (bicyclic) bond motifs is 1. The smallest absolute Gasteiger partial charge is 0.453 e. The number of hydrogen-bond donors (Lipinski definition) is 2. The zero-order valence-corrected chi connectivity index (χ0v) is 20.8. The molecule has 190 valence electrons. The molecule has 0 aliphatic carbocycles. The van der Waals surface area contributed by atoms with Crippen molar-refractivity contribution in [3.8, 4) is 17.2 Å². The van der Waals surface area contributed by atoms with Crippen molar-refractivity contribution < 1.29 is 32.3 Å². The first-order valence-corrected chi connectivity index (χ1v) is 11.9. The second-order valence-corrected chi connectivity index (χ2v) is 9.83. The van der Waals surface area contributed by atoms with Crippen LogP contribution in [-0.4, -0.2) is 18.2 Å². The fourth-order valence-electron chi connectivity index (χ4n) is 4.14. The van der Waals surface area contributed by atoms with Crippen molar-refractivity contribution in [2.45, 2.75) is 65.6 Å². The third-order valence-electron chi connectivity index (χ3n) is 5.93. The molecule has 5 nitrogen and oxygen atoms in total. The van der Waals surface area contributed by atoms with E-state index in [1.165, 1.54) is 24.3 Å². The van der Waals surface area contributed by atoms with E-state index in [1.54, 1.807) is 12.1 Å². The summed E-state index contributed by atoms with van der Waals surface area (Å²) >= 11 is 0. The second kappa shape index (κ2) is 10.3. The zero-order valence-electron chi connectivity index (χ0n) is 20.8. The molecule has 1 aromatic heterocycles. The molecule has 0 saturated heterocycles. The van der Waals surface area contributed by atoms with Gasteiger partial charge in [-0.15, -0.1) is 0 Å². The highest BCUT2D eigenvalue weighted by Crippen LogP contribution is 2.40. The number of benzene rings is 2. The number of halogens is 3. The van der Waals surface area contributed by atoms with Gasteiger partial charge in [0.1, 0.15) is 18.0 Å². The summed E-state index contributed by atoms with van der Waals surface area (Å²) in [6.07, 6.45) is -3.24. The van der Waals surface area contributed by atoms with Crippen molar-refractivity contribution >= 4 is 11.0 Å². The Morgan fingerprint density at radius 3 is 2.09 bits per heavy atom. The van der Waals surface area contributed by atoms with Gasteiger partial charge in [-0.05, 0) is 48.1 Å². The minimum Gasteiger partial charge on any atom is -0.507 e. The van der Waals surface area contributed by atoms with Crippen molar-refractivity contribution in [3.05, 3.63) is 63.5 Å². The van der Waals surface area contributed by atoms with Gasteiger partial charge in [-0.1, -0.05) is 46.8 Å². The Labute approximate surface area is 203 Å². The lowest BCUT2D eigenvalue weighted by Gasteiger charge is -2.20. The Morgan fingerprint density at radius 2 is 1.57 bits per heavy atom. The summed E-state index contributed by atoms with van der Waals surface area (Å²) in [6.45, 7) is 11.8. The van der Waals surface area contributed by atoms with Gasteiger partial charge in [0.2, 0.25) is 11.2 Å². The predicted octanol–water partition coefficient (Wildman–Crippen LogP) is 5.81. The van der Waals surface area contributed by atoms with Crippen LogP contribution >= 0.6 is 0 Å². The number of phenolic OH excluding ortho intramolecular Hbond substituents is 1. The zero-order chi connectivity index (χ0) is 26.0. The number of phenols is 1. The van der Waals surface area contributed by atoms with Crippen molar-refractivity contribution in [3.63, 3.8) is 0 Å². The predicted molar refractivity (Wildman–Crippen MR) is 129 cm³/mol. The van der Waals surface area contributed by atoms with Crippen molar-refractivity contribution in [1.29, 1.82) is 0 Å². The van der Waals surface area contributed by atoms with Crippen molar-refractivity contribution in [2.75, 3.05) is 13.1 Å². The Bertz CT molecular complexity index is 1220. The Kier molecular flexibility index (Phi) is 7.84. The third kappa shape index (κ3) is 5.99. The molecule has 0 amide bonds. The average molecular weight is 493 g/mol. The molecule has 0 radical (unpaired) electrons. The van der Waals surface area contributed by atoms with E-state index in [0.717, 1.165) is 36.4 Å². The first kappa shape index (κ1) is 26.6.